The summed E-state index contributed by atoms with van der Waals surface area (Å²) in [7, 11) is 1.49. The fraction of sp³-hybridized carbons (Fsp3) is 0.310. The Balaban J connectivity index is 1.44. The molecule has 0 radical (unpaired) electrons. The summed E-state index contributed by atoms with van der Waals surface area (Å²) in [6.45, 7) is 2.69. The number of hydrogen-bond acceptors (Lipinski definition) is 7. The number of amides is 3. The number of likely N-dealkylation sites (tertiary alicyclic amines) is 1. The van der Waals surface area contributed by atoms with E-state index in [0.717, 1.165) is 11.3 Å². The number of benzene rings is 2. The molecule has 0 aliphatic carbocycles. The number of carbonyl (C=O) groups excluding carboxylic acids is 3. The number of aromatic nitrogens is 1. The largest absolute Gasteiger partial charge is 0.493 e. The normalized spacial score (nSPS) is 19.5. The molecule has 10 heteroatoms. The van der Waals surface area contributed by atoms with E-state index in [2.05, 4.69) is 15.6 Å². The number of piperidine rings is 1. The van der Waals surface area contributed by atoms with Crippen molar-refractivity contribution in [3.8, 4) is 17.2 Å². The third-order valence-electron chi connectivity index (χ3n) is 6.80. The van der Waals surface area contributed by atoms with Crippen LogP contribution in [0, 0.1) is 6.92 Å². The minimum absolute atomic E-state index is 0.153. The molecule has 0 unspecified atom stereocenters. The van der Waals surface area contributed by atoms with Crippen LogP contribution in [0.15, 0.2) is 60.8 Å². The van der Waals surface area contributed by atoms with E-state index in [1.54, 1.807) is 35.4 Å². The van der Waals surface area contributed by atoms with Gasteiger partial charge in [0.05, 0.1) is 18.7 Å². The number of nitrogens with zero attached hydrogens (tertiary/aromatic N) is 2. The molecular formula is C29H30N4O6. The monoisotopic (exact) mass is 530 g/mol. The molecule has 3 amide bonds. The maximum Gasteiger partial charge on any atom is 0.258 e. The van der Waals surface area contributed by atoms with Gasteiger partial charge in [0.25, 0.3) is 17.7 Å². The zero-order valence-corrected chi connectivity index (χ0v) is 21.8. The highest BCUT2D eigenvalue weighted by atomic mass is 16.5. The van der Waals surface area contributed by atoms with E-state index >= 15 is 0 Å². The molecule has 4 heterocycles. The summed E-state index contributed by atoms with van der Waals surface area (Å²) in [6.07, 6.45) is 1.72. The van der Waals surface area contributed by atoms with E-state index in [1.165, 1.54) is 13.2 Å². The first-order chi connectivity index (χ1) is 18.9. The van der Waals surface area contributed by atoms with E-state index in [4.69, 9.17) is 14.2 Å². The van der Waals surface area contributed by atoms with E-state index in [0.29, 0.717) is 42.1 Å². The minimum Gasteiger partial charge on any atom is -0.493 e. The van der Waals surface area contributed by atoms with Gasteiger partial charge in [0.2, 0.25) is 0 Å². The highest BCUT2D eigenvalue weighted by Crippen LogP contribution is 2.29. The van der Waals surface area contributed by atoms with Crippen LogP contribution >= 0.6 is 0 Å². The zero-order valence-electron chi connectivity index (χ0n) is 21.8. The molecule has 39 heavy (non-hydrogen) atoms. The van der Waals surface area contributed by atoms with E-state index in [9.17, 15) is 14.4 Å². The average Bonchev–Trinajstić information content (AvgIpc) is 2.96. The smallest absolute Gasteiger partial charge is 0.258 e. The van der Waals surface area contributed by atoms with Gasteiger partial charge in [-0.2, -0.15) is 0 Å². The Bertz CT molecular complexity index is 1360. The highest BCUT2D eigenvalue weighted by Gasteiger charge is 2.35. The van der Waals surface area contributed by atoms with Gasteiger partial charge in [-0.15, -0.1) is 0 Å². The molecule has 3 aliphatic heterocycles. The summed E-state index contributed by atoms with van der Waals surface area (Å²) in [5.74, 6) is 0.479. The Labute approximate surface area is 226 Å². The molecule has 202 valence electrons. The molecule has 4 bridgehead atoms. The van der Waals surface area contributed by atoms with Crippen molar-refractivity contribution >= 4 is 17.7 Å². The zero-order chi connectivity index (χ0) is 27.4. The summed E-state index contributed by atoms with van der Waals surface area (Å²) >= 11 is 0. The summed E-state index contributed by atoms with van der Waals surface area (Å²) in [5.41, 5.74) is 2.54. The predicted octanol–water partition coefficient (Wildman–Crippen LogP) is 2.50. The molecule has 1 aromatic heterocycles. The molecule has 3 aromatic rings. The van der Waals surface area contributed by atoms with Gasteiger partial charge in [-0.1, -0.05) is 12.1 Å². The maximum absolute atomic E-state index is 13.4. The van der Waals surface area contributed by atoms with Crippen LogP contribution in [-0.2, 0) is 11.3 Å². The lowest BCUT2D eigenvalue weighted by Crippen LogP contribution is -2.58. The summed E-state index contributed by atoms with van der Waals surface area (Å²) < 4.78 is 17.4. The van der Waals surface area contributed by atoms with Gasteiger partial charge in [0.1, 0.15) is 11.9 Å². The van der Waals surface area contributed by atoms with Crippen molar-refractivity contribution in [1.82, 2.24) is 20.5 Å². The van der Waals surface area contributed by atoms with Crippen molar-refractivity contribution in [3.63, 3.8) is 0 Å². The molecule has 10 nitrogen and oxygen atoms in total. The Morgan fingerprint density at radius 1 is 1.10 bits per heavy atom. The lowest BCUT2D eigenvalue weighted by atomic mass is 10.00. The molecule has 2 N–H and O–H groups in total. The standard InChI is InChI=1S/C29H30N4O6/c1-18-3-6-21(15-30-18)29(36)33-12-11-24-23(16-33)32-28(35)20-7-10-25(37-2)26(13-20)38-17-27(34)31-14-19-4-8-22(39-24)9-5-19/h3-10,13,15,23-24H,11-12,14,16-17H2,1-2H3,(H,31,34)(H,32,35)/t23-,24+/m0/s1. The second-order valence-corrected chi connectivity index (χ2v) is 9.54. The summed E-state index contributed by atoms with van der Waals surface area (Å²) in [6, 6.07) is 15.3. The molecule has 6 rings (SSSR count). The fourth-order valence-corrected chi connectivity index (χ4v) is 4.61. The topological polar surface area (TPSA) is 119 Å². The molecular weight excluding hydrogens is 500 g/mol. The van der Waals surface area contributed by atoms with Crippen molar-refractivity contribution in [1.29, 1.82) is 0 Å². The second kappa shape index (κ2) is 11.4. The van der Waals surface area contributed by atoms with E-state index in [1.807, 2.05) is 31.2 Å². The lowest BCUT2D eigenvalue weighted by molar-refractivity contribution is -0.123. The first-order valence-corrected chi connectivity index (χ1v) is 12.8. The van der Waals surface area contributed by atoms with Gasteiger partial charge in [-0.25, -0.2) is 0 Å². The molecule has 1 fully saturated rings. The number of aryl methyl sites for hydroxylation is 1. The van der Waals surface area contributed by atoms with E-state index in [-0.39, 0.29) is 42.7 Å². The fourth-order valence-electron chi connectivity index (χ4n) is 4.61. The number of fused-ring (bicyclic) bond motifs is 7. The van der Waals surface area contributed by atoms with Gasteiger partial charge in [0.15, 0.2) is 18.1 Å². The molecule has 0 saturated carbocycles. The Morgan fingerprint density at radius 3 is 2.67 bits per heavy atom. The van der Waals surface area contributed by atoms with Gasteiger partial charge < -0.3 is 29.7 Å². The third kappa shape index (κ3) is 6.11. The Morgan fingerprint density at radius 2 is 1.92 bits per heavy atom. The number of ether oxygens (including phenoxy) is 3. The Hall–Kier alpha value is -4.60. The van der Waals surface area contributed by atoms with Crippen LogP contribution in [0.2, 0.25) is 0 Å². The molecule has 2 atom stereocenters. The first kappa shape index (κ1) is 26.0. The minimum atomic E-state index is -0.487. The van der Waals surface area contributed by atoms with Crippen LogP contribution < -0.4 is 24.8 Å². The SMILES string of the molecule is COc1ccc2cc1OCC(=O)NCc1ccc(cc1)O[C@@H]1CCN(C(=O)c3ccc(C)nc3)C[C@@H]1NC2=O. The predicted molar refractivity (Wildman–Crippen MR) is 142 cm³/mol. The maximum atomic E-state index is 13.4. The van der Waals surface area contributed by atoms with Crippen LogP contribution in [0.25, 0.3) is 0 Å². The van der Waals surface area contributed by atoms with Crippen molar-refractivity contribution in [2.24, 2.45) is 0 Å². The number of rotatable bonds is 2. The summed E-state index contributed by atoms with van der Waals surface area (Å²) in [4.78, 5) is 44.9. The van der Waals surface area contributed by atoms with Crippen molar-refractivity contribution in [2.45, 2.75) is 32.0 Å². The first-order valence-electron chi connectivity index (χ1n) is 12.8. The second-order valence-electron chi connectivity index (χ2n) is 9.54. The van der Waals surface area contributed by atoms with Gasteiger partial charge in [0, 0.05) is 43.5 Å². The number of carbonyl (C=O) groups is 3. The van der Waals surface area contributed by atoms with Crippen LogP contribution in [0.1, 0.15) is 38.4 Å². The highest BCUT2D eigenvalue weighted by molar-refractivity contribution is 5.96. The number of hydrogen-bond donors (Lipinski definition) is 2. The van der Waals surface area contributed by atoms with Gasteiger partial charge >= 0.3 is 0 Å². The summed E-state index contributed by atoms with van der Waals surface area (Å²) in [5, 5.41) is 5.87. The van der Waals surface area contributed by atoms with Crippen LogP contribution in [0.4, 0.5) is 0 Å². The molecule has 2 aromatic carbocycles. The number of pyridine rings is 1. The van der Waals surface area contributed by atoms with E-state index < -0.39 is 6.04 Å². The van der Waals surface area contributed by atoms with Crippen molar-refractivity contribution in [2.75, 3.05) is 26.8 Å². The number of nitrogens with one attached hydrogen (secondary N) is 2. The molecule has 0 spiro atoms. The van der Waals surface area contributed by atoms with Crippen LogP contribution in [-0.4, -0.2) is 66.6 Å². The number of methoxy groups -OCH3 is 1. The average molecular weight is 531 g/mol. The van der Waals surface area contributed by atoms with Gasteiger partial charge in [-0.05, 0) is 55.0 Å². The lowest BCUT2D eigenvalue weighted by Gasteiger charge is -2.39. The Kier molecular flexibility index (Phi) is 7.62. The van der Waals surface area contributed by atoms with Crippen LogP contribution in [0.3, 0.4) is 0 Å². The van der Waals surface area contributed by atoms with Crippen molar-refractivity contribution in [3.05, 3.63) is 83.2 Å². The molecule has 1 saturated heterocycles. The molecule has 3 aliphatic rings. The quantitative estimate of drug-likeness (QED) is 0.523. The third-order valence-corrected chi connectivity index (χ3v) is 6.80. The van der Waals surface area contributed by atoms with Gasteiger partial charge in [-0.3, -0.25) is 19.4 Å². The van der Waals surface area contributed by atoms with Crippen LogP contribution in [0.5, 0.6) is 17.2 Å². The van der Waals surface area contributed by atoms with Crippen molar-refractivity contribution < 1.29 is 28.6 Å².